The number of benzene rings is 3. The van der Waals surface area contributed by atoms with Gasteiger partial charge in [0, 0.05) is 16.8 Å². The van der Waals surface area contributed by atoms with Crippen molar-refractivity contribution < 1.29 is 15.0 Å². The molecule has 0 radical (unpaired) electrons. The van der Waals surface area contributed by atoms with Crippen LogP contribution in [0.1, 0.15) is 33.2 Å². The minimum absolute atomic E-state index is 0.0617. The molecule has 28 heavy (non-hydrogen) atoms. The Morgan fingerprint density at radius 1 is 1.00 bits per heavy atom. The fraction of sp³-hybridized carbons (Fsp3) is 0.0909. The van der Waals surface area contributed by atoms with Crippen LogP contribution in [0.5, 0.6) is 11.5 Å². The van der Waals surface area contributed by atoms with Crippen LogP contribution in [0, 0.1) is 6.92 Å². The van der Waals surface area contributed by atoms with Crippen molar-refractivity contribution in [3.05, 3.63) is 89.0 Å². The van der Waals surface area contributed by atoms with E-state index in [4.69, 9.17) is 0 Å². The van der Waals surface area contributed by atoms with Crippen LogP contribution in [0.3, 0.4) is 0 Å². The number of hydrogen-bond acceptors (Lipinski definition) is 5. The summed E-state index contributed by atoms with van der Waals surface area (Å²) in [5.41, 5.74) is 3.21. The molecule has 3 N–H and O–H groups in total. The lowest BCUT2D eigenvalue weighted by Crippen LogP contribution is -2.39. The van der Waals surface area contributed by atoms with E-state index < -0.39 is 6.17 Å². The zero-order chi connectivity index (χ0) is 19.7. The molecule has 6 nitrogen and oxygen atoms in total. The third-order valence-corrected chi connectivity index (χ3v) is 4.64. The second kappa shape index (κ2) is 7.08. The highest BCUT2D eigenvalue weighted by molar-refractivity contribution is 6.02. The van der Waals surface area contributed by atoms with Crippen LogP contribution >= 0.6 is 0 Å². The zero-order valence-electron chi connectivity index (χ0n) is 15.2. The average Bonchev–Trinajstić information content (AvgIpc) is 2.68. The summed E-state index contributed by atoms with van der Waals surface area (Å²) in [6.07, 6.45) is 0.742. The van der Waals surface area contributed by atoms with Crippen LogP contribution < -0.4 is 5.32 Å². The lowest BCUT2D eigenvalue weighted by atomic mass is 10.0. The Labute approximate surface area is 162 Å². The maximum Gasteiger partial charge on any atom is 0.278 e. The maximum atomic E-state index is 13.2. The minimum Gasteiger partial charge on any atom is -0.508 e. The maximum absolute atomic E-state index is 13.2. The molecule has 0 saturated heterocycles. The van der Waals surface area contributed by atoms with E-state index in [1.807, 2.05) is 19.1 Å². The van der Waals surface area contributed by atoms with Gasteiger partial charge in [-0.05, 0) is 42.8 Å². The van der Waals surface area contributed by atoms with E-state index in [0.717, 1.165) is 5.56 Å². The Morgan fingerprint density at radius 2 is 1.71 bits per heavy atom. The van der Waals surface area contributed by atoms with Gasteiger partial charge in [-0.2, -0.15) is 5.10 Å². The van der Waals surface area contributed by atoms with Gasteiger partial charge in [-0.1, -0.05) is 36.4 Å². The van der Waals surface area contributed by atoms with Crippen LogP contribution in [-0.4, -0.2) is 27.3 Å². The molecule has 6 heteroatoms. The number of hydrogen-bond donors (Lipinski definition) is 3. The fourth-order valence-electron chi connectivity index (χ4n) is 3.18. The van der Waals surface area contributed by atoms with Crippen LogP contribution in [0.2, 0.25) is 0 Å². The third-order valence-electron chi connectivity index (χ3n) is 4.64. The van der Waals surface area contributed by atoms with E-state index in [2.05, 4.69) is 10.4 Å². The summed E-state index contributed by atoms with van der Waals surface area (Å²) in [6.45, 7) is 1.95. The first-order valence-corrected chi connectivity index (χ1v) is 8.85. The number of nitrogens with zero attached hydrogens (tertiary/aromatic N) is 2. The molecule has 3 aromatic carbocycles. The Kier molecular flexibility index (Phi) is 4.45. The number of carbonyl (C=O) groups excluding carboxylic acids is 1. The van der Waals surface area contributed by atoms with E-state index in [9.17, 15) is 15.0 Å². The van der Waals surface area contributed by atoms with Gasteiger partial charge in [0.1, 0.15) is 11.5 Å². The Balaban J connectivity index is 1.80. The molecule has 3 aromatic rings. The molecule has 0 spiro atoms. The molecule has 0 fully saturated rings. The second-order valence-electron chi connectivity index (χ2n) is 6.61. The lowest BCUT2D eigenvalue weighted by Gasteiger charge is -2.35. The number of anilines is 1. The van der Waals surface area contributed by atoms with Gasteiger partial charge in [-0.3, -0.25) is 4.79 Å². The molecule has 0 saturated carbocycles. The summed E-state index contributed by atoms with van der Waals surface area (Å²) in [5.74, 6) is -0.167. The van der Waals surface area contributed by atoms with Crippen molar-refractivity contribution in [2.24, 2.45) is 5.10 Å². The van der Waals surface area contributed by atoms with Crippen molar-refractivity contribution in [2.45, 2.75) is 13.1 Å². The van der Waals surface area contributed by atoms with Crippen molar-refractivity contribution >= 4 is 17.8 Å². The predicted molar refractivity (Wildman–Crippen MR) is 108 cm³/mol. The van der Waals surface area contributed by atoms with E-state index in [1.165, 1.54) is 11.2 Å². The molecule has 1 aliphatic rings. The van der Waals surface area contributed by atoms with Gasteiger partial charge >= 0.3 is 0 Å². The molecular formula is C22H19N3O3. The number of hydrazone groups is 1. The molecule has 0 aliphatic carbocycles. The lowest BCUT2D eigenvalue weighted by molar-refractivity contribution is 0.0689. The molecule has 0 bridgehead atoms. The summed E-state index contributed by atoms with van der Waals surface area (Å²) < 4.78 is 0. The van der Waals surface area contributed by atoms with Gasteiger partial charge in [-0.15, -0.1) is 0 Å². The number of nitrogens with one attached hydrogen (secondary N) is 1. The van der Waals surface area contributed by atoms with Crippen molar-refractivity contribution in [2.75, 3.05) is 5.32 Å². The SMILES string of the molecule is Cc1ccc2c(c1)NC(c1ccccc1O)N(/N=C/c1ccccc1O)C2=O. The van der Waals surface area contributed by atoms with Crippen molar-refractivity contribution in [1.82, 2.24) is 5.01 Å². The number of aryl methyl sites for hydroxylation is 1. The molecule has 140 valence electrons. The summed E-state index contributed by atoms with van der Waals surface area (Å²) >= 11 is 0. The first-order valence-electron chi connectivity index (χ1n) is 8.85. The number of aromatic hydroxyl groups is 2. The Bertz CT molecular complexity index is 1080. The third kappa shape index (κ3) is 3.16. The first kappa shape index (κ1) is 17.6. The summed E-state index contributed by atoms with van der Waals surface area (Å²) in [7, 11) is 0. The highest BCUT2D eigenvalue weighted by Gasteiger charge is 2.34. The van der Waals surface area contributed by atoms with Crippen molar-refractivity contribution in [1.29, 1.82) is 0 Å². The molecule has 1 unspecified atom stereocenters. The minimum atomic E-state index is -0.690. The van der Waals surface area contributed by atoms with Crippen LogP contribution in [0.25, 0.3) is 0 Å². The average molecular weight is 373 g/mol. The standard InChI is InChI=1S/C22H19N3O3/c1-14-10-11-16-18(12-14)24-21(17-7-3-5-9-20(17)27)25(22(16)28)23-13-15-6-2-4-8-19(15)26/h2-13,21,24,26-27H,1H3/b23-13+. The first-order chi connectivity index (χ1) is 13.5. The molecule has 4 rings (SSSR count). The van der Waals surface area contributed by atoms with Crippen LogP contribution in [0.4, 0.5) is 5.69 Å². The van der Waals surface area contributed by atoms with Gasteiger partial charge in [0.2, 0.25) is 0 Å². The normalized spacial score (nSPS) is 16.1. The van der Waals surface area contributed by atoms with E-state index in [0.29, 0.717) is 22.4 Å². The molecule has 1 heterocycles. The number of fused-ring (bicyclic) bond motifs is 1. The smallest absolute Gasteiger partial charge is 0.278 e. The van der Waals surface area contributed by atoms with Gasteiger partial charge < -0.3 is 15.5 Å². The van der Waals surface area contributed by atoms with E-state index in [1.54, 1.807) is 54.6 Å². The topological polar surface area (TPSA) is 85.2 Å². The van der Waals surface area contributed by atoms with Crippen LogP contribution in [0.15, 0.2) is 71.8 Å². The summed E-state index contributed by atoms with van der Waals surface area (Å²) in [5, 5.41) is 29.2. The highest BCUT2D eigenvalue weighted by Crippen LogP contribution is 2.37. The number of carbonyl (C=O) groups is 1. The molecule has 0 aromatic heterocycles. The summed E-state index contributed by atoms with van der Waals surface area (Å²) in [6, 6.07) is 19.1. The summed E-state index contributed by atoms with van der Waals surface area (Å²) in [4.78, 5) is 13.2. The second-order valence-corrected chi connectivity index (χ2v) is 6.61. The molecule has 1 atom stereocenters. The number of phenols is 2. The number of phenolic OH excluding ortho intramolecular Hbond substituents is 2. The van der Waals surface area contributed by atoms with Gasteiger partial charge in [-0.25, -0.2) is 5.01 Å². The quantitative estimate of drug-likeness (QED) is 0.606. The van der Waals surface area contributed by atoms with Crippen molar-refractivity contribution in [3.63, 3.8) is 0 Å². The van der Waals surface area contributed by atoms with Gasteiger partial charge in [0.05, 0.1) is 11.8 Å². The number of rotatable bonds is 3. The highest BCUT2D eigenvalue weighted by atomic mass is 16.3. The Hall–Kier alpha value is -3.80. The molecule has 1 amide bonds. The van der Waals surface area contributed by atoms with Gasteiger partial charge in [0.25, 0.3) is 5.91 Å². The number of amides is 1. The van der Waals surface area contributed by atoms with E-state index >= 15 is 0 Å². The fourth-order valence-corrected chi connectivity index (χ4v) is 3.18. The van der Waals surface area contributed by atoms with E-state index in [-0.39, 0.29) is 17.4 Å². The number of para-hydroxylation sites is 2. The predicted octanol–water partition coefficient (Wildman–Crippen LogP) is 4.01. The molecule has 1 aliphatic heterocycles. The van der Waals surface area contributed by atoms with Crippen molar-refractivity contribution in [3.8, 4) is 11.5 Å². The largest absolute Gasteiger partial charge is 0.508 e. The van der Waals surface area contributed by atoms with Gasteiger partial charge in [0.15, 0.2) is 6.17 Å². The monoisotopic (exact) mass is 373 g/mol. The Morgan fingerprint density at radius 3 is 2.46 bits per heavy atom. The van der Waals surface area contributed by atoms with Crippen LogP contribution in [-0.2, 0) is 0 Å². The molecular weight excluding hydrogens is 354 g/mol. The zero-order valence-corrected chi connectivity index (χ0v) is 15.2.